The zero-order valence-electron chi connectivity index (χ0n) is 11.5. The van der Waals surface area contributed by atoms with E-state index < -0.39 is 11.9 Å². The highest BCUT2D eigenvalue weighted by atomic mass is 16.7. The molecule has 104 valence electrons. The fourth-order valence-corrected chi connectivity index (χ4v) is 2.49. The molecule has 0 radical (unpaired) electrons. The van der Waals surface area contributed by atoms with E-state index in [0.29, 0.717) is 13.0 Å². The van der Waals surface area contributed by atoms with E-state index in [2.05, 4.69) is 6.08 Å². The van der Waals surface area contributed by atoms with Gasteiger partial charge < -0.3 is 19.3 Å². The van der Waals surface area contributed by atoms with Crippen LogP contribution in [-0.2, 0) is 14.2 Å². The molecule has 0 bridgehead atoms. The van der Waals surface area contributed by atoms with Crippen LogP contribution in [0.3, 0.4) is 0 Å². The first-order chi connectivity index (χ1) is 8.52. The lowest BCUT2D eigenvalue weighted by Gasteiger charge is -2.31. The molecule has 1 saturated heterocycles. The largest absolute Gasteiger partial charge is 0.390 e. The molecule has 0 amide bonds. The Morgan fingerprint density at radius 2 is 1.94 bits per heavy atom. The molecule has 2 rings (SSSR count). The Morgan fingerprint density at radius 3 is 2.56 bits per heavy atom. The van der Waals surface area contributed by atoms with Crippen LogP contribution in [-0.4, -0.2) is 41.9 Å². The summed E-state index contributed by atoms with van der Waals surface area (Å²) >= 11 is 0. The van der Waals surface area contributed by atoms with Crippen molar-refractivity contribution in [1.29, 1.82) is 0 Å². The normalized spacial score (nSPS) is 42.2. The summed E-state index contributed by atoms with van der Waals surface area (Å²) < 4.78 is 17.5. The van der Waals surface area contributed by atoms with Crippen LogP contribution >= 0.6 is 0 Å². The van der Waals surface area contributed by atoms with Gasteiger partial charge in [0, 0.05) is 0 Å². The summed E-state index contributed by atoms with van der Waals surface area (Å²) in [6, 6.07) is 0. The van der Waals surface area contributed by atoms with Gasteiger partial charge in [0.15, 0.2) is 5.79 Å². The highest BCUT2D eigenvalue weighted by Gasteiger charge is 2.39. The summed E-state index contributed by atoms with van der Waals surface area (Å²) in [6.07, 6.45) is 5.75. The fourth-order valence-electron chi connectivity index (χ4n) is 2.49. The highest BCUT2D eigenvalue weighted by Crippen LogP contribution is 2.29. The van der Waals surface area contributed by atoms with Gasteiger partial charge in [0.25, 0.3) is 0 Å². The van der Waals surface area contributed by atoms with E-state index in [4.69, 9.17) is 14.2 Å². The first-order valence-corrected chi connectivity index (χ1v) is 6.82. The maximum atomic E-state index is 9.99. The first kappa shape index (κ1) is 14.0. The molecule has 0 saturated carbocycles. The molecule has 1 N–H and O–H groups in total. The second-order valence-corrected chi connectivity index (χ2v) is 5.50. The number of hydrogen-bond acceptors (Lipinski definition) is 4. The van der Waals surface area contributed by atoms with Gasteiger partial charge in [-0.3, -0.25) is 0 Å². The van der Waals surface area contributed by atoms with Gasteiger partial charge >= 0.3 is 0 Å². The monoisotopic (exact) mass is 256 g/mol. The van der Waals surface area contributed by atoms with Gasteiger partial charge in [-0.2, -0.15) is 0 Å². The van der Waals surface area contributed by atoms with E-state index in [1.54, 1.807) is 0 Å². The molecule has 2 aliphatic rings. The molecule has 0 aliphatic carbocycles. The van der Waals surface area contributed by atoms with Crippen molar-refractivity contribution in [3.63, 3.8) is 0 Å². The van der Waals surface area contributed by atoms with Crippen LogP contribution < -0.4 is 0 Å². The number of rotatable bonds is 2. The third-order valence-corrected chi connectivity index (χ3v) is 3.54. The predicted octanol–water partition coefficient (Wildman–Crippen LogP) is 2.01. The van der Waals surface area contributed by atoms with Crippen molar-refractivity contribution in [2.75, 3.05) is 6.61 Å². The Labute approximate surface area is 109 Å². The standard InChI is InChI=1S/C14H24O4/c1-4-11-10(15)7-5-6-8-12(17-11)13-9-16-14(2,3)18-13/h5-6,10-13,15H,4,7-9H2,1-3H3/b6-5-/t10-,11-,12-,13-/m1/s1. The molecular formula is C14H24O4. The topological polar surface area (TPSA) is 47.9 Å². The maximum absolute atomic E-state index is 9.99. The SMILES string of the molecule is CC[C@H]1O[C@@H]([C@H]2COC(C)(C)O2)C/C=C\C[C@H]1O. The third kappa shape index (κ3) is 3.32. The predicted molar refractivity (Wildman–Crippen MR) is 68.2 cm³/mol. The van der Waals surface area contributed by atoms with E-state index >= 15 is 0 Å². The average Bonchev–Trinajstić information content (AvgIpc) is 2.65. The molecular weight excluding hydrogens is 232 g/mol. The van der Waals surface area contributed by atoms with Crippen LogP contribution in [0.15, 0.2) is 12.2 Å². The van der Waals surface area contributed by atoms with Gasteiger partial charge in [-0.15, -0.1) is 0 Å². The van der Waals surface area contributed by atoms with Crippen molar-refractivity contribution >= 4 is 0 Å². The molecule has 1 fully saturated rings. The van der Waals surface area contributed by atoms with Crippen LogP contribution in [0, 0.1) is 0 Å². The molecule has 0 aromatic heterocycles. The van der Waals surface area contributed by atoms with E-state index in [1.807, 2.05) is 26.8 Å². The summed E-state index contributed by atoms with van der Waals surface area (Å²) in [4.78, 5) is 0. The minimum Gasteiger partial charge on any atom is -0.390 e. The van der Waals surface area contributed by atoms with Crippen LogP contribution in [0.5, 0.6) is 0 Å². The number of aliphatic hydroxyl groups excluding tert-OH is 1. The van der Waals surface area contributed by atoms with Crippen LogP contribution in [0.2, 0.25) is 0 Å². The van der Waals surface area contributed by atoms with Crippen LogP contribution in [0.4, 0.5) is 0 Å². The average molecular weight is 256 g/mol. The lowest BCUT2D eigenvalue weighted by Crippen LogP contribution is -2.40. The lowest BCUT2D eigenvalue weighted by molar-refractivity contribution is -0.170. The summed E-state index contributed by atoms with van der Waals surface area (Å²) in [5, 5.41) is 9.99. The molecule has 0 unspecified atom stereocenters. The Balaban J connectivity index is 2.02. The van der Waals surface area contributed by atoms with E-state index in [-0.39, 0.29) is 18.3 Å². The van der Waals surface area contributed by atoms with Crippen molar-refractivity contribution in [3.8, 4) is 0 Å². The van der Waals surface area contributed by atoms with E-state index in [0.717, 1.165) is 12.8 Å². The van der Waals surface area contributed by atoms with Gasteiger partial charge in [0.2, 0.25) is 0 Å². The second-order valence-electron chi connectivity index (χ2n) is 5.50. The number of hydrogen-bond donors (Lipinski definition) is 1. The Bertz CT molecular complexity index is 300. The van der Waals surface area contributed by atoms with Gasteiger partial charge in [0.05, 0.1) is 24.9 Å². The Morgan fingerprint density at radius 1 is 1.22 bits per heavy atom. The first-order valence-electron chi connectivity index (χ1n) is 6.82. The Hall–Kier alpha value is -0.420. The quantitative estimate of drug-likeness (QED) is 0.768. The maximum Gasteiger partial charge on any atom is 0.163 e. The number of ether oxygens (including phenoxy) is 3. The van der Waals surface area contributed by atoms with Crippen LogP contribution in [0.1, 0.15) is 40.0 Å². The highest BCUT2D eigenvalue weighted by molar-refractivity contribution is 4.94. The smallest absolute Gasteiger partial charge is 0.163 e. The second kappa shape index (κ2) is 5.70. The van der Waals surface area contributed by atoms with E-state index in [9.17, 15) is 5.11 Å². The minimum atomic E-state index is -0.527. The zero-order chi connectivity index (χ0) is 13.2. The third-order valence-electron chi connectivity index (χ3n) is 3.54. The molecule has 18 heavy (non-hydrogen) atoms. The summed E-state index contributed by atoms with van der Waals surface area (Å²) in [6.45, 7) is 6.42. The van der Waals surface area contributed by atoms with Gasteiger partial charge in [-0.1, -0.05) is 19.1 Å². The van der Waals surface area contributed by atoms with Gasteiger partial charge in [-0.25, -0.2) is 0 Å². The molecule has 4 heteroatoms. The molecule has 0 aromatic rings. The van der Waals surface area contributed by atoms with Crippen molar-refractivity contribution in [2.24, 2.45) is 0 Å². The molecule has 2 heterocycles. The molecule has 0 spiro atoms. The Kier molecular flexibility index (Phi) is 4.43. The molecule has 4 atom stereocenters. The molecule has 0 aromatic carbocycles. The van der Waals surface area contributed by atoms with Crippen molar-refractivity contribution in [2.45, 2.75) is 70.2 Å². The van der Waals surface area contributed by atoms with Crippen molar-refractivity contribution < 1.29 is 19.3 Å². The van der Waals surface area contributed by atoms with Gasteiger partial charge in [0.1, 0.15) is 6.10 Å². The van der Waals surface area contributed by atoms with Gasteiger partial charge in [-0.05, 0) is 33.1 Å². The lowest BCUT2D eigenvalue weighted by atomic mass is 10.0. The summed E-state index contributed by atoms with van der Waals surface area (Å²) in [7, 11) is 0. The summed E-state index contributed by atoms with van der Waals surface area (Å²) in [5.74, 6) is -0.527. The fraction of sp³-hybridized carbons (Fsp3) is 0.857. The molecule has 2 aliphatic heterocycles. The number of aliphatic hydroxyl groups is 1. The van der Waals surface area contributed by atoms with Crippen molar-refractivity contribution in [1.82, 2.24) is 0 Å². The van der Waals surface area contributed by atoms with Crippen LogP contribution in [0.25, 0.3) is 0 Å². The zero-order valence-corrected chi connectivity index (χ0v) is 11.5. The summed E-state index contributed by atoms with van der Waals surface area (Å²) in [5.41, 5.74) is 0. The van der Waals surface area contributed by atoms with Crippen molar-refractivity contribution in [3.05, 3.63) is 12.2 Å². The van der Waals surface area contributed by atoms with E-state index in [1.165, 1.54) is 0 Å². The minimum absolute atomic E-state index is 0.0390. The molecule has 4 nitrogen and oxygen atoms in total.